The summed E-state index contributed by atoms with van der Waals surface area (Å²) < 4.78 is 42.7. The third-order valence-electron chi connectivity index (χ3n) is 7.45. The Morgan fingerprint density at radius 1 is 0.860 bits per heavy atom. The van der Waals surface area contributed by atoms with Crippen molar-refractivity contribution in [2.24, 2.45) is 5.92 Å². The smallest absolute Gasteiger partial charge is 0.264 e. The van der Waals surface area contributed by atoms with Crippen molar-refractivity contribution in [3.63, 3.8) is 0 Å². The molecule has 0 saturated carbocycles. The van der Waals surface area contributed by atoms with Gasteiger partial charge in [-0.3, -0.25) is 9.71 Å². The van der Waals surface area contributed by atoms with E-state index in [4.69, 9.17) is 9.47 Å². The number of fused-ring (bicyclic) bond motifs is 1. The summed E-state index contributed by atoms with van der Waals surface area (Å²) in [6.45, 7) is 2.07. The topological polar surface area (TPSA) is 111 Å². The Morgan fingerprint density at radius 3 is 2.44 bits per heavy atom. The van der Waals surface area contributed by atoms with Crippen LogP contribution in [0.25, 0.3) is 10.9 Å². The second-order valence-corrected chi connectivity index (χ2v) is 13.1. The van der Waals surface area contributed by atoms with E-state index in [-0.39, 0.29) is 29.6 Å². The summed E-state index contributed by atoms with van der Waals surface area (Å²) in [6, 6.07) is 29.3. The third-order valence-corrected chi connectivity index (χ3v) is 9.90. The average Bonchev–Trinajstić information content (AvgIpc) is 3.04. The van der Waals surface area contributed by atoms with Gasteiger partial charge in [-0.1, -0.05) is 67.6 Å². The first-order valence-corrected chi connectivity index (χ1v) is 16.4. The van der Waals surface area contributed by atoms with Crippen molar-refractivity contribution in [1.82, 2.24) is 9.97 Å². The number of aliphatic hydroxyl groups excluding tert-OH is 1. The Hall–Kier alpha value is -3.80. The minimum absolute atomic E-state index is 0.00739. The number of anilines is 1. The van der Waals surface area contributed by atoms with Crippen molar-refractivity contribution in [2.75, 3.05) is 10.5 Å². The fraction of sp³-hybridized carbons (Fsp3) is 0.212. The number of hydrogen-bond acceptors (Lipinski definition) is 8. The summed E-state index contributed by atoms with van der Waals surface area (Å²) >= 11 is 1.62. The Balaban J connectivity index is 1.28. The van der Waals surface area contributed by atoms with Gasteiger partial charge in [-0.25, -0.2) is 13.4 Å². The van der Waals surface area contributed by atoms with Gasteiger partial charge in [0, 0.05) is 40.7 Å². The molecule has 8 nitrogen and oxygen atoms in total. The lowest BCUT2D eigenvalue weighted by Crippen LogP contribution is -2.38. The first-order chi connectivity index (χ1) is 20.9. The van der Waals surface area contributed by atoms with Crippen LogP contribution in [0.1, 0.15) is 36.0 Å². The monoisotopic (exact) mass is 613 g/mol. The van der Waals surface area contributed by atoms with Crippen molar-refractivity contribution in [1.29, 1.82) is 0 Å². The molecule has 1 aliphatic rings. The van der Waals surface area contributed by atoms with Gasteiger partial charge >= 0.3 is 0 Å². The summed E-state index contributed by atoms with van der Waals surface area (Å²) in [5.41, 5.74) is 3.28. The van der Waals surface area contributed by atoms with Crippen molar-refractivity contribution in [3.8, 4) is 0 Å². The molecule has 1 aliphatic heterocycles. The number of pyridine rings is 2. The second-order valence-electron chi connectivity index (χ2n) is 10.4. The highest BCUT2D eigenvalue weighted by Gasteiger charge is 2.38. The number of thioether (sulfide) groups is 1. The van der Waals surface area contributed by atoms with Crippen molar-refractivity contribution >= 4 is 38.4 Å². The fourth-order valence-corrected chi connectivity index (χ4v) is 7.42. The lowest BCUT2D eigenvalue weighted by molar-refractivity contribution is -0.268. The molecule has 3 aromatic carbocycles. The molecule has 2 N–H and O–H groups in total. The van der Waals surface area contributed by atoms with Gasteiger partial charge in [-0.2, -0.15) is 0 Å². The van der Waals surface area contributed by atoms with Gasteiger partial charge in [-0.15, -0.1) is 11.8 Å². The van der Waals surface area contributed by atoms with Gasteiger partial charge in [0.05, 0.1) is 29.4 Å². The lowest BCUT2D eigenvalue weighted by atomic mass is 9.91. The van der Waals surface area contributed by atoms with E-state index >= 15 is 0 Å². The van der Waals surface area contributed by atoms with E-state index in [1.54, 1.807) is 60.6 Å². The van der Waals surface area contributed by atoms with Crippen LogP contribution in [0.15, 0.2) is 119 Å². The van der Waals surface area contributed by atoms with Crippen molar-refractivity contribution in [2.45, 2.75) is 42.0 Å². The van der Waals surface area contributed by atoms with Crippen LogP contribution in [0.5, 0.6) is 0 Å². The highest BCUT2D eigenvalue weighted by Crippen LogP contribution is 2.43. The second kappa shape index (κ2) is 12.8. The van der Waals surface area contributed by atoms with E-state index in [1.807, 2.05) is 60.7 Å². The van der Waals surface area contributed by atoms with Crippen LogP contribution in [-0.4, -0.2) is 35.3 Å². The molecule has 4 atom stereocenters. The molecule has 1 fully saturated rings. The van der Waals surface area contributed by atoms with Crippen molar-refractivity contribution in [3.05, 3.63) is 126 Å². The van der Waals surface area contributed by atoms with Crippen LogP contribution < -0.4 is 4.72 Å². The van der Waals surface area contributed by atoms with E-state index in [1.165, 1.54) is 0 Å². The number of aliphatic hydroxyl groups is 1. The minimum Gasteiger partial charge on any atom is -0.392 e. The molecule has 0 aliphatic carbocycles. The Kier molecular flexibility index (Phi) is 8.73. The molecule has 220 valence electrons. The maximum atomic E-state index is 13.5. The van der Waals surface area contributed by atoms with Crippen LogP contribution in [0.4, 0.5) is 5.69 Å². The molecular weight excluding hydrogens is 583 g/mol. The third kappa shape index (κ3) is 6.58. The van der Waals surface area contributed by atoms with Gasteiger partial charge in [0.15, 0.2) is 6.29 Å². The predicted octanol–water partition coefficient (Wildman–Crippen LogP) is 6.51. The van der Waals surface area contributed by atoms with Gasteiger partial charge in [0.25, 0.3) is 10.0 Å². The molecule has 5 aromatic rings. The zero-order valence-corrected chi connectivity index (χ0v) is 25.0. The van der Waals surface area contributed by atoms with Gasteiger partial charge in [0.2, 0.25) is 0 Å². The molecule has 43 heavy (non-hydrogen) atoms. The van der Waals surface area contributed by atoms with Crippen LogP contribution in [0.2, 0.25) is 0 Å². The standard InChI is InChI=1S/C33H31N3O5S2/c1-22-28(21-42-30-12-2-3-17-34-30)40-33(41-32(22)25-15-13-23(20-37)14-16-25)26-8-4-10-27(19-26)36-43(38,39)29-11-5-7-24-9-6-18-35-31(24)29/h2-19,22,28,32-33,36-37H,20-21H2,1H3/t22-,28+,32+,33?/m0/s1. The summed E-state index contributed by atoms with van der Waals surface area (Å²) in [5, 5.41) is 11.2. The Bertz CT molecular complexity index is 1800. The highest BCUT2D eigenvalue weighted by molar-refractivity contribution is 7.99. The number of hydrogen-bond donors (Lipinski definition) is 2. The summed E-state index contributed by atoms with van der Waals surface area (Å²) in [6.07, 6.45) is 2.14. The first-order valence-electron chi connectivity index (χ1n) is 13.9. The maximum absolute atomic E-state index is 13.5. The molecular formula is C33H31N3O5S2. The Morgan fingerprint density at radius 2 is 1.65 bits per heavy atom. The van der Waals surface area contributed by atoms with Crippen LogP contribution in [0, 0.1) is 5.92 Å². The number of benzene rings is 3. The molecule has 6 rings (SSSR count). The predicted molar refractivity (Wildman–Crippen MR) is 167 cm³/mol. The minimum atomic E-state index is -3.93. The van der Waals surface area contributed by atoms with Crippen LogP contribution in [0.3, 0.4) is 0 Å². The highest BCUT2D eigenvalue weighted by atomic mass is 32.2. The number of aromatic nitrogens is 2. The van der Waals surface area contributed by atoms with E-state index in [0.29, 0.717) is 22.5 Å². The molecule has 2 aromatic heterocycles. The number of sulfonamides is 1. The molecule has 0 bridgehead atoms. The fourth-order valence-electron chi connectivity index (χ4n) is 5.16. The van der Waals surface area contributed by atoms with E-state index in [2.05, 4.69) is 21.6 Å². The summed E-state index contributed by atoms with van der Waals surface area (Å²) in [7, 11) is -3.93. The number of rotatable bonds is 9. The summed E-state index contributed by atoms with van der Waals surface area (Å²) in [5.74, 6) is 0.664. The molecule has 0 spiro atoms. The van der Waals surface area contributed by atoms with Gasteiger partial charge in [-0.05, 0) is 47.5 Å². The molecule has 0 radical (unpaired) electrons. The molecule has 10 heteroatoms. The number of para-hydroxylation sites is 1. The SMILES string of the molecule is C[C@H]1[C@@H](CSc2ccccn2)OC(c2cccc(NS(=O)(=O)c3cccc4cccnc34)c2)O[C@H]1c1ccc(CO)cc1. The number of ether oxygens (including phenoxy) is 2. The maximum Gasteiger partial charge on any atom is 0.264 e. The molecule has 1 unspecified atom stereocenters. The van der Waals surface area contributed by atoms with Crippen LogP contribution >= 0.6 is 11.8 Å². The number of nitrogens with zero attached hydrogens (tertiary/aromatic N) is 2. The van der Waals surface area contributed by atoms with Crippen molar-refractivity contribution < 1.29 is 23.0 Å². The normalized spacial score (nSPS) is 20.6. The first kappa shape index (κ1) is 29.3. The van der Waals surface area contributed by atoms with Crippen LogP contribution in [-0.2, 0) is 26.1 Å². The Labute approximate surface area is 255 Å². The zero-order chi connectivity index (χ0) is 29.8. The lowest BCUT2D eigenvalue weighted by Gasteiger charge is -2.41. The average molecular weight is 614 g/mol. The largest absolute Gasteiger partial charge is 0.392 e. The zero-order valence-electron chi connectivity index (χ0n) is 23.4. The molecule has 1 saturated heterocycles. The molecule has 0 amide bonds. The van der Waals surface area contributed by atoms with E-state index < -0.39 is 16.3 Å². The van der Waals surface area contributed by atoms with E-state index in [0.717, 1.165) is 21.5 Å². The molecule has 3 heterocycles. The quantitative estimate of drug-likeness (QED) is 0.181. The van der Waals surface area contributed by atoms with Gasteiger partial charge < -0.3 is 14.6 Å². The summed E-state index contributed by atoms with van der Waals surface area (Å²) in [4.78, 5) is 8.84. The number of nitrogens with one attached hydrogen (secondary N) is 1. The van der Waals surface area contributed by atoms with Gasteiger partial charge in [0.1, 0.15) is 4.90 Å². The van der Waals surface area contributed by atoms with E-state index in [9.17, 15) is 13.5 Å².